The van der Waals surface area contributed by atoms with Crippen molar-refractivity contribution in [3.05, 3.63) is 12.2 Å². The third kappa shape index (κ3) is 5.24. The fourth-order valence-electron chi connectivity index (χ4n) is 1.42. The van der Waals surface area contributed by atoms with Gasteiger partial charge in [0, 0.05) is 13.3 Å². The van der Waals surface area contributed by atoms with E-state index in [1.807, 2.05) is 0 Å². The maximum atomic E-state index is 12.2. The van der Waals surface area contributed by atoms with Gasteiger partial charge in [-0.2, -0.15) is 0 Å². The van der Waals surface area contributed by atoms with Crippen molar-refractivity contribution >= 4 is 17.7 Å². The lowest BCUT2D eigenvalue weighted by molar-refractivity contribution is -0.191. The van der Waals surface area contributed by atoms with Gasteiger partial charge in [0.2, 0.25) is 0 Å². The van der Waals surface area contributed by atoms with E-state index in [-0.39, 0.29) is 6.42 Å². The summed E-state index contributed by atoms with van der Waals surface area (Å²) in [5.41, 5.74) is -2.67. The fourth-order valence-corrected chi connectivity index (χ4v) is 1.42. The highest BCUT2D eigenvalue weighted by Gasteiger charge is 2.48. The highest BCUT2D eigenvalue weighted by Crippen LogP contribution is 2.24. The number of ketones is 1. The van der Waals surface area contributed by atoms with Crippen LogP contribution in [0.3, 0.4) is 0 Å². The van der Waals surface area contributed by atoms with E-state index in [1.165, 1.54) is 6.92 Å². The summed E-state index contributed by atoms with van der Waals surface area (Å²) in [5.74, 6) is -2.11. The first-order valence-electron chi connectivity index (χ1n) is 6.10. The molecule has 0 aliphatic carbocycles. The molecule has 0 amide bonds. The van der Waals surface area contributed by atoms with E-state index in [0.717, 1.165) is 6.92 Å². The third-order valence-electron chi connectivity index (χ3n) is 2.26. The maximum Gasteiger partial charge on any atom is 0.359 e. The van der Waals surface area contributed by atoms with Crippen LogP contribution in [-0.2, 0) is 23.9 Å². The highest BCUT2D eigenvalue weighted by molar-refractivity contribution is 6.07. The first kappa shape index (κ1) is 17.4. The average molecular weight is 270 g/mol. The number of Topliss-reactive ketones (excluding diaryl/α,β-unsaturated/α-hetero) is 1. The topological polar surface area (TPSA) is 69.7 Å². The Kier molecular flexibility index (Phi) is 5.93. The van der Waals surface area contributed by atoms with Crippen LogP contribution >= 0.6 is 0 Å². The zero-order valence-corrected chi connectivity index (χ0v) is 12.4. The van der Waals surface area contributed by atoms with Crippen molar-refractivity contribution in [2.45, 2.75) is 59.2 Å². The molecule has 0 aromatic carbocycles. The van der Waals surface area contributed by atoms with Crippen LogP contribution in [0.15, 0.2) is 12.2 Å². The van der Waals surface area contributed by atoms with Crippen molar-refractivity contribution in [3.63, 3.8) is 0 Å². The van der Waals surface area contributed by atoms with Crippen LogP contribution in [0.4, 0.5) is 0 Å². The summed E-state index contributed by atoms with van der Waals surface area (Å²) in [5, 5.41) is 0. The number of rotatable bonds is 5. The van der Waals surface area contributed by atoms with Crippen molar-refractivity contribution in [2.24, 2.45) is 0 Å². The van der Waals surface area contributed by atoms with Crippen LogP contribution in [0, 0.1) is 0 Å². The molecule has 0 radical (unpaired) electrons. The Balaban J connectivity index is 5.49. The van der Waals surface area contributed by atoms with E-state index in [1.54, 1.807) is 39.8 Å². The van der Waals surface area contributed by atoms with Gasteiger partial charge in [-0.05, 0) is 34.6 Å². The zero-order chi connectivity index (χ0) is 15.3. The molecule has 0 fully saturated rings. The molecule has 1 unspecified atom stereocenters. The predicted octanol–water partition coefficient (Wildman–Crippen LogP) is 2.19. The zero-order valence-electron chi connectivity index (χ0n) is 12.4. The minimum absolute atomic E-state index is 0.0344. The van der Waals surface area contributed by atoms with E-state index in [0.29, 0.717) is 0 Å². The fraction of sp³-hybridized carbons (Fsp3) is 0.643. The van der Waals surface area contributed by atoms with Crippen molar-refractivity contribution in [2.75, 3.05) is 0 Å². The van der Waals surface area contributed by atoms with E-state index in [4.69, 9.17) is 9.47 Å². The van der Waals surface area contributed by atoms with Gasteiger partial charge in [-0.3, -0.25) is 9.59 Å². The van der Waals surface area contributed by atoms with Gasteiger partial charge in [0.25, 0.3) is 5.60 Å². The molecule has 0 rings (SSSR count). The predicted molar refractivity (Wildman–Crippen MR) is 70.5 cm³/mol. The van der Waals surface area contributed by atoms with Crippen LogP contribution in [0.1, 0.15) is 48.0 Å². The van der Waals surface area contributed by atoms with Crippen LogP contribution in [0.25, 0.3) is 0 Å². The standard InChI is InChI=1S/C14H22O5/c1-7-8-9-14(10(2)15,18-11(3)16)12(17)19-13(4,5)6/h7-8H,9H2,1-6H3. The SMILES string of the molecule is CC=CCC(OC(C)=O)(C(C)=O)C(=O)OC(C)(C)C. The molecule has 5 nitrogen and oxygen atoms in total. The molecule has 1 atom stereocenters. The van der Waals surface area contributed by atoms with E-state index in [2.05, 4.69) is 0 Å². The molecule has 0 bridgehead atoms. The van der Waals surface area contributed by atoms with Gasteiger partial charge in [0.1, 0.15) is 5.60 Å². The van der Waals surface area contributed by atoms with E-state index >= 15 is 0 Å². The van der Waals surface area contributed by atoms with Gasteiger partial charge in [-0.1, -0.05) is 12.2 Å². The second-order valence-corrected chi connectivity index (χ2v) is 5.25. The highest BCUT2D eigenvalue weighted by atomic mass is 16.6. The molecule has 0 N–H and O–H groups in total. The van der Waals surface area contributed by atoms with Crippen LogP contribution in [0.2, 0.25) is 0 Å². The number of carbonyl (C=O) groups is 3. The van der Waals surface area contributed by atoms with Crippen molar-refractivity contribution in [1.82, 2.24) is 0 Å². The lowest BCUT2D eigenvalue weighted by Gasteiger charge is -2.31. The molecule has 0 aromatic rings. The van der Waals surface area contributed by atoms with Crippen LogP contribution < -0.4 is 0 Å². The minimum Gasteiger partial charge on any atom is -0.457 e. The second kappa shape index (κ2) is 6.50. The summed E-state index contributed by atoms with van der Waals surface area (Å²) >= 11 is 0. The average Bonchev–Trinajstić information content (AvgIpc) is 2.20. The molecular weight excluding hydrogens is 248 g/mol. The molecule has 19 heavy (non-hydrogen) atoms. The lowest BCUT2D eigenvalue weighted by atomic mass is 9.94. The molecule has 0 saturated heterocycles. The Bertz CT molecular complexity index is 389. The normalized spacial score (nSPS) is 14.8. The molecular formula is C14H22O5. The number of carbonyl (C=O) groups excluding carboxylic acids is 3. The molecule has 0 aliphatic rings. The van der Waals surface area contributed by atoms with Gasteiger partial charge in [-0.15, -0.1) is 0 Å². The monoisotopic (exact) mass is 270 g/mol. The Morgan fingerprint density at radius 1 is 1.05 bits per heavy atom. The summed E-state index contributed by atoms with van der Waals surface area (Å²) in [6.07, 6.45) is 3.23. The summed E-state index contributed by atoms with van der Waals surface area (Å²) in [6, 6.07) is 0. The quantitative estimate of drug-likeness (QED) is 0.435. The number of esters is 2. The Morgan fingerprint density at radius 2 is 1.58 bits per heavy atom. The Labute approximate surface area is 114 Å². The number of hydrogen-bond acceptors (Lipinski definition) is 5. The Hall–Kier alpha value is -1.65. The molecule has 0 aliphatic heterocycles. The van der Waals surface area contributed by atoms with Gasteiger partial charge >= 0.3 is 11.9 Å². The number of allylic oxidation sites excluding steroid dienone is 1. The van der Waals surface area contributed by atoms with Gasteiger partial charge < -0.3 is 9.47 Å². The summed E-state index contributed by atoms with van der Waals surface area (Å²) in [7, 11) is 0. The maximum absolute atomic E-state index is 12.2. The van der Waals surface area contributed by atoms with Crippen molar-refractivity contribution in [3.8, 4) is 0 Å². The minimum atomic E-state index is -1.90. The smallest absolute Gasteiger partial charge is 0.359 e. The summed E-state index contributed by atoms with van der Waals surface area (Å²) < 4.78 is 10.2. The van der Waals surface area contributed by atoms with Gasteiger partial charge in [-0.25, -0.2) is 4.79 Å². The molecule has 5 heteroatoms. The molecule has 0 spiro atoms. The van der Waals surface area contributed by atoms with Crippen molar-refractivity contribution in [1.29, 1.82) is 0 Å². The van der Waals surface area contributed by atoms with E-state index in [9.17, 15) is 14.4 Å². The van der Waals surface area contributed by atoms with Crippen LogP contribution in [-0.4, -0.2) is 28.9 Å². The van der Waals surface area contributed by atoms with Gasteiger partial charge in [0.15, 0.2) is 5.78 Å². The lowest BCUT2D eigenvalue weighted by Crippen LogP contribution is -2.51. The number of ether oxygens (including phenoxy) is 2. The largest absolute Gasteiger partial charge is 0.457 e. The van der Waals surface area contributed by atoms with Crippen molar-refractivity contribution < 1.29 is 23.9 Å². The summed E-state index contributed by atoms with van der Waals surface area (Å²) in [4.78, 5) is 35.2. The summed E-state index contributed by atoms with van der Waals surface area (Å²) in [6.45, 7) is 9.14. The van der Waals surface area contributed by atoms with Crippen LogP contribution in [0.5, 0.6) is 0 Å². The first-order chi connectivity index (χ1) is 8.55. The molecule has 0 heterocycles. The number of hydrogen-bond donors (Lipinski definition) is 0. The first-order valence-corrected chi connectivity index (χ1v) is 6.10. The second-order valence-electron chi connectivity index (χ2n) is 5.25. The third-order valence-corrected chi connectivity index (χ3v) is 2.26. The molecule has 0 aromatic heterocycles. The Morgan fingerprint density at radius 3 is 1.89 bits per heavy atom. The molecule has 0 saturated carbocycles. The molecule has 108 valence electrons. The van der Waals surface area contributed by atoms with E-state index < -0.39 is 28.9 Å². The van der Waals surface area contributed by atoms with Gasteiger partial charge in [0.05, 0.1) is 0 Å².